The van der Waals surface area contributed by atoms with E-state index in [1.807, 2.05) is 12.1 Å². The number of carbonyl (C=O) groups excluding carboxylic acids is 2. The van der Waals surface area contributed by atoms with Gasteiger partial charge in [0.1, 0.15) is 6.42 Å². The van der Waals surface area contributed by atoms with Gasteiger partial charge in [-0.1, -0.05) is 31.4 Å². The van der Waals surface area contributed by atoms with Gasteiger partial charge in [-0.3, -0.25) is 9.59 Å². The summed E-state index contributed by atoms with van der Waals surface area (Å²) in [6.45, 7) is 0.498. The Bertz CT molecular complexity index is 569. The minimum absolute atomic E-state index is 0.114. The van der Waals surface area contributed by atoms with Crippen LogP contribution in [0, 0.1) is 17.2 Å². The molecule has 0 radical (unpaired) electrons. The molecule has 1 aromatic carbocycles. The van der Waals surface area contributed by atoms with Gasteiger partial charge in [0.15, 0.2) is 0 Å². The second-order valence-corrected chi connectivity index (χ2v) is 6.06. The number of amides is 2. The lowest BCUT2D eigenvalue weighted by atomic mass is 9.87. The van der Waals surface area contributed by atoms with Gasteiger partial charge in [-0.25, -0.2) is 0 Å². The van der Waals surface area contributed by atoms with Crippen molar-refractivity contribution in [3.8, 4) is 6.07 Å². The summed E-state index contributed by atoms with van der Waals surface area (Å²) < 4.78 is 0. The minimum atomic E-state index is -0.318. The average molecular weight is 313 g/mol. The van der Waals surface area contributed by atoms with E-state index < -0.39 is 0 Å². The second-order valence-electron chi connectivity index (χ2n) is 6.06. The first-order valence-corrected chi connectivity index (χ1v) is 8.20. The third-order valence-electron chi connectivity index (χ3n) is 4.17. The Kier molecular flexibility index (Phi) is 6.61. The van der Waals surface area contributed by atoms with Gasteiger partial charge in [-0.2, -0.15) is 5.26 Å². The van der Waals surface area contributed by atoms with Crippen molar-refractivity contribution in [2.45, 2.75) is 51.5 Å². The number of carbonyl (C=O) groups is 2. The van der Waals surface area contributed by atoms with Crippen molar-refractivity contribution in [2.24, 2.45) is 5.92 Å². The fourth-order valence-corrected chi connectivity index (χ4v) is 2.91. The summed E-state index contributed by atoms with van der Waals surface area (Å²) >= 11 is 0. The maximum absolute atomic E-state index is 12.0. The number of hydrogen-bond acceptors (Lipinski definition) is 3. The van der Waals surface area contributed by atoms with Crippen LogP contribution in [0.2, 0.25) is 0 Å². The first kappa shape index (κ1) is 17.0. The normalized spacial score (nSPS) is 14.7. The van der Waals surface area contributed by atoms with Gasteiger partial charge >= 0.3 is 0 Å². The molecule has 2 rings (SSSR count). The largest absolute Gasteiger partial charge is 0.352 e. The summed E-state index contributed by atoms with van der Waals surface area (Å²) in [6, 6.07) is 9.09. The van der Waals surface area contributed by atoms with Crippen LogP contribution in [0.5, 0.6) is 0 Å². The molecule has 0 unspecified atom stereocenters. The number of nitrogens with zero attached hydrogens (tertiary/aromatic N) is 1. The van der Waals surface area contributed by atoms with Gasteiger partial charge in [0.2, 0.25) is 11.8 Å². The molecule has 0 aliphatic heterocycles. The second kappa shape index (κ2) is 8.94. The molecule has 0 bridgehead atoms. The fraction of sp³-hybridized carbons (Fsp3) is 0.500. The molecule has 122 valence electrons. The van der Waals surface area contributed by atoms with E-state index in [9.17, 15) is 9.59 Å². The number of hydrogen-bond donors (Lipinski definition) is 2. The molecule has 0 spiro atoms. The van der Waals surface area contributed by atoms with Crippen LogP contribution in [-0.2, 0) is 16.1 Å². The molecule has 0 saturated heterocycles. The summed E-state index contributed by atoms with van der Waals surface area (Å²) in [4.78, 5) is 23.3. The number of nitriles is 1. The quantitative estimate of drug-likeness (QED) is 0.846. The van der Waals surface area contributed by atoms with Crippen LogP contribution in [0.1, 0.15) is 50.5 Å². The molecule has 1 aromatic rings. The van der Waals surface area contributed by atoms with Crippen molar-refractivity contribution in [3.63, 3.8) is 0 Å². The fourth-order valence-electron chi connectivity index (χ4n) is 2.91. The van der Waals surface area contributed by atoms with Crippen molar-refractivity contribution in [1.82, 2.24) is 5.32 Å². The molecule has 0 aromatic heterocycles. The Hall–Kier alpha value is -2.35. The number of anilines is 1. The molecule has 0 atom stereocenters. The molecule has 23 heavy (non-hydrogen) atoms. The summed E-state index contributed by atoms with van der Waals surface area (Å²) in [5.74, 6) is 0.339. The van der Waals surface area contributed by atoms with Gasteiger partial charge < -0.3 is 10.6 Å². The Morgan fingerprint density at radius 1 is 1.09 bits per heavy atom. The van der Waals surface area contributed by atoms with Crippen molar-refractivity contribution < 1.29 is 9.59 Å². The molecule has 2 amide bonds. The topological polar surface area (TPSA) is 82.0 Å². The third-order valence-corrected chi connectivity index (χ3v) is 4.17. The van der Waals surface area contributed by atoms with E-state index in [-0.39, 0.29) is 18.2 Å². The molecule has 0 heterocycles. The zero-order valence-corrected chi connectivity index (χ0v) is 13.3. The lowest BCUT2D eigenvalue weighted by Gasteiger charge is -2.20. The molecule has 1 aliphatic rings. The number of nitrogens with one attached hydrogen (secondary N) is 2. The molecule has 2 N–H and O–H groups in total. The van der Waals surface area contributed by atoms with E-state index >= 15 is 0 Å². The Morgan fingerprint density at radius 2 is 1.78 bits per heavy atom. The van der Waals surface area contributed by atoms with E-state index in [0.29, 0.717) is 24.6 Å². The van der Waals surface area contributed by atoms with Crippen LogP contribution in [0.25, 0.3) is 0 Å². The van der Waals surface area contributed by atoms with Gasteiger partial charge in [0.25, 0.3) is 0 Å². The zero-order chi connectivity index (χ0) is 16.5. The number of benzene rings is 1. The predicted octanol–water partition coefficient (Wildman–Crippen LogP) is 3.13. The first-order chi connectivity index (χ1) is 11.2. The standard InChI is InChI=1S/C18H23N3O2/c19-11-10-17(22)21-16-8-6-15(7-9-16)13-20-18(23)12-14-4-2-1-3-5-14/h6-9,14H,1-5,10,12-13H2,(H,20,23)(H,21,22). The summed E-state index contributed by atoms with van der Waals surface area (Å²) in [5, 5.41) is 14.0. The number of rotatable bonds is 6. The monoisotopic (exact) mass is 313 g/mol. The lowest BCUT2D eigenvalue weighted by molar-refractivity contribution is -0.122. The van der Waals surface area contributed by atoms with E-state index in [1.54, 1.807) is 18.2 Å². The Balaban J connectivity index is 1.74. The SMILES string of the molecule is N#CCC(=O)Nc1ccc(CNC(=O)CC2CCCCC2)cc1. The van der Waals surface area contributed by atoms with Crippen LogP contribution in [-0.4, -0.2) is 11.8 Å². The molecule has 5 heteroatoms. The predicted molar refractivity (Wildman–Crippen MR) is 88.3 cm³/mol. The highest BCUT2D eigenvalue weighted by molar-refractivity contribution is 5.92. The maximum Gasteiger partial charge on any atom is 0.238 e. The minimum Gasteiger partial charge on any atom is -0.352 e. The molecular formula is C18H23N3O2. The molecule has 1 saturated carbocycles. The molecule has 1 aliphatic carbocycles. The average Bonchev–Trinajstić information content (AvgIpc) is 2.55. The highest BCUT2D eigenvalue weighted by Gasteiger charge is 2.16. The van der Waals surface area contributed by atoms with Crippen molar-refractivity contribution in [1.29, 1.82) is 5.26 Å². The van der Waals surface area contributed by atoms with E-state index in [1.165, 1.54) is 32.1 Å². The van der Waals surface area contributed by atoms with E-state index in [4.69, 9.17) is 5.26 Å². The smallest absolute Gasteiger partial charge is 0.238 e. The van der Waals surface area contributed by atoms with Gasteiger partial charge in [0.05, 0.1) is 6.07 Å². The highest BCUT2D eigenvalue weighted by atomic mass is 16.2. The van der Waals surface area contributed by atoms with Gasteiger partial charge in [-0.15, -0.1) is 0 Å². The van der Waals surface area contributed by atoms with Crippen LogP contribution in [0.4, 0.5) is 5.69 Å². The van der Waals surface area contributed by atoms with Gasteiger partial charge in [0, 0.05) is 18.7 Å². The maximum atomic E-state index is 12.0. The first-order valence-electron chi connectivity index (χ1n) is 8.20. The Morgan fingerprint density at radius 3 is 2.43 bits per heavy atom. The third kappa shape index (κ3) is 6.11. The van der Waals surface area contributed by atoms with Crippen LogP contribution in [0.3, 0.4) is 0 Å². The van der Waals surface area contributed by atoms with Crippen LogP contribution >= 0.6 is 0 Å². The lowest BCUT2D eigenvalue weighted by Crippen LogP contribution is -2.25. The van der Waals surface area contributed by atoms with Crippen LogP contribution < -0.4 is 10.6 Å². The zero-order valence-electron chi connectivity index (χ0n) is 13.3. The van der Waals surface area contributed by atoms with E-state index in [2.05, 4.69) is 10.6 Å². The summed E-state index contributed by atoms with van der Waals surface area (Å²) in [7, 11) is 0. The summed E-state index contributed by atoms with van der Waals surface area (Å²) in [5.41, 5.74) is 1.64. The van der Waals surface area contributed by atoms with Crippen molar-refractivity contribution in [2.75, 3.05) is 5.32 Å². The van der Waals surface area contributed by atoms with E-state index in [0.717, 1.165) is 5.56 Å². The molecular weight excluding hydrogens is 290 g/mol. The van der Waals surface area contributed by atoms with Gasteiger partial charge in [-0.05, 0) is 36.5 Å². The van der Waals surface area contributed by atoms with Crippen molar-refractivity contribution >= 4 is 17.5 Å². The molecule has 1 fully saturated rings. The van der Waals surface area contributed by atoms with Crippen molar-refractivity contribution in [3.05, 3.63) is 29.8 Å². The summed E-state index contributed by atoms with van der Waals surface area (Å²) in [6.07, 6.45) is 6.61. The highest BCUT2D eigenvalue weighted by Crippen LogP contribution is 2.26. The van der Waals surface area contributed by atoms with Crippen LogP contribution in [0.15, 0.2) is 24.3 Å². The molecule has 5 nitrogen and oxygen atoms in total. The Labute approximate surface area is 137 Å².